The van der Waals surface area contributed by atoms with Crippen LogP contribution in [0.25, 0.3) is 0 Å². The van der Waals surface area contributed by atoms with Crippen molar-refractivity contribution in [1.29, 1.82) is 0 Å². The number of aryl methyl sites for hydroxylation is 1. The third-order valence-corrected chi connectivity index (χ3v) is 4.53. The van der Waals surface area contributed by atoms with Gasteiger partial charge >= 0.3 is 0 Å². The number of para-hydroxylation sites is 1. The lowest BCUT2D eigenvalue weighted by Crippen LogP contribution is -2.42. The molecule has 1 amide bonds. The summed E-state index contributed by atoms with van der Waals surface area (Å²) in [7, 11) is 0. The van der Waals surface area contributed by atoms with E-state index in [9.17, 15) is 4.79 Å². The van der Waals surface area contributed by atoms with E-state index in [0.29, 0.717) is 10.6 Å². The smallest absolute Gasteiger partial charge is 0.258 e. The van der Waals surface area contributed by atoms with Crippen LogP contribution in [-0.4, -0.2) is 11.9 Å². The standard InChI is InChI=1S/C17H15BrClNO/c1-11-6-7-12-4-2-3-5-16(12)20(11)17(21)13-8-14(18)10-15(19)9-13/h2-5,8-11H,6-7H2,1H3. The largest absolute Gasteiger partial charge is 0.305 e. The summed E-state index contributed by atoms with van der Waals surface area (Å²) in [6.07, 6.45) is 1.99. The first-order valence-electron chi connectivity index (χ1n) is 6.94. The lowest BCUT2D eigenvalue weighted by Gasteiger charge is -2.35. The number of nitrogens with zero attached hydrogens (tertiary/aromatic N) is 1. The van der Waals surface area contributed by atoms with Gasteiger partial charge in [-0.05, 0) is 49.6 Å². The average Bonchev–Trinajstić information content (AvgIpc) is 2.45. The number of anilines is 1. The molecule has 0 bridgehead atoms. The summed E-state index contributed by atoms with van der Waals surface area (Å²) in [6.45, 7) is 2.09. The number of halogens is 2. The van der Waals surface area contributed by atoms with E-state index in [1.165, 1.54) is 5.56 Å². The number of carbonyl (C=O) groups is 1. The molecule has 2 aromatic rings. The zero-order chi connectivity index (χ0) is 15.0. The van der Waals surface area contributed by atoms with Crippen LogP contribution in [0.2, 0.25) is 5.02 Å². The van der Waals surface area contributed by atoms with Gasteiger partial charge in [0.2, 0.25) is 0 Å². The summed E-state index contributed by atoms with van der Waals surface area (Å²) in [5.41, 5.74) is 2.85. The molecule has 0 radical (unpaired) electrons. The van der Waals surface area contributed by atoms with Gasteiger partial charge in [-0.25, -0.2) is 0 Å². The molecule has 0 saturated heterocycles. The second kappa shape index (κ2) is 5.82. The van der Waals surface area contributed by atoms with Gasteiger partial charge in [0.1, 0.15) is 0 Å². The van der Waals surface area contributed by atoms with Crippen molar-refractivity contribution in [3.63, 3.8) is 0 Å². The SMILES string of the molecule is CC1CCc2ccccc2N1C(=O)c1cc(Cl)cc(Br)c1. The van der Waals surface area contributed by atoms with Crippen LogP contribution < -0.4 is 4.90 Å². The minimum absolute atomic E-state index is 0.00199. The predicted molar refractivity (Wildman–Crippen MR) is 90.2 cm³/mol. The van der Waals surface area contributed by atoms with E-state index in [2.05, 4.69) is 28.9 Å². The Morgan fingerprint density at radius 2 is 2.05 bits per heavy atom. The van der Waals surface area contributed by atoms with Gasteiger partial charge in [0.05, 0.1) is 0 Å². The van der Waals surface area contributed by atoms with E-state index in [1.807, 2.05) is 29.2 Å². The molecule has 3 rings (SSSR count). The first-order chi connectivity index (χ1) is 10.1. The number of amides is 1. The highest BCUT2D eigenvalue weighted by Gasteiger charge is 2.28. The Balaban J connectivity index is 2.04. The average molecular weight is 365 g/mol. The molecule has 21 heavy (non-hydrogen) atoms. The summed E-state index contributed by atoms with van der Waals surface area (Å²) in [6, 6.07) is 13.6. The summed E-state index contributed by atoms with van der Waals surface area (Å²) in [5.74, 6) is -0.00199. The first-order valence-corrected chi connectivity index (χ1v) is 8.11. The van der Waals surface area contributed by atoms with Gasteiger partial charge in [-0.1, -0.05) is 45.7 Å². The van der Waals surface area contributed by atoms with Crippen molar-refractivity contribution < 1.29 is 4.79 Å². The maximum absolute atomic E-state index is 12.9. The molecule has 0 spiro atoms. The van der Waals surface area contributed by atoms with Crippen molar-refractivity contribution in [2.24, 2.45) is 0 Å². The molecule has 1 unspecified atom stereocenters. The maximum atomic E-state index is 12.9. The van der Waals surface area contributed by atoms with Crippen LogP contribution in [0, 0.1) is 0 Å². The molecule has 0 fully saturated rings. The summed E-state index contributed by atoms with van der Waals surface area (Å²) >= 11 is 9.47. The lowest BCUT2D eigenvalue weighted by atomic mass is 9.96. The molecule has 108 valence electrons. The molecule has 0 aliphatic carbocycles. The number of benzene rings is 2. The molecule has 1 heterocycles. The van der Waals surface area contributed by atoms with Crippen LogP contribution in [0.5, 0.6) is 0 Å². The van der Waals surface area contributed by atoms with Crippen molar-refractivity contribution in [2.45, 2.75) is 25.8 Å². The number of hydrogen-bond donors (Lipinski definition) is 0. The topological polar surface area (TPSA) is 20.3 Å². The van der Waals surface area contributed by atoms with Crippen molar-refractivity contribution >= 4 is 39.1 Å². The van der Waals surface area contributed by atoms with E-state index < -0.39 is 0 Å². The van der Waals surface area contributed by atoms with Crippen LogP contribution in [-0.2, 0) is 6.42 Å². The second-order valence-electron chi connectivity index (χ2n) is 5.35. The Kier molecular flexibility index (Phi) is 4.05. The van der Waals surface area contributed by atoms with E-state index in [4.69, 9.17) is 11.6 Å². The van der Waals surface area contributed by atoms with Crippen LogP contribution in [0.3, 0.4) is 0 Å². The van der Waals surface area contributed by atoms with Gasteiger partial charge in [-0.3, -0.25) is 4.79 Å². The molecule has 1 aliphatic heterocycles. The predicted octanol–water partition coefficient (Wildman–Crippen LogP) is 5.08. The van der Waals surface area contributed by atoms with E-state index in [-0.39, 0.29) is 11.9 Å². The Morgan fingerprint density at radius 3 is 2.81 bits per heavy atom. The van der Waals surface area contributed by atoms with Gasteiger partial charge < -0.3 is 4.90 Å². The summed E-state index contributed by atoms with van der Waals surface area (Å²) in [4.78, 5) is 14.8. The first kappa shape index (κ1) is 14.6. The summed E-state index contributed by atoms with van der Waals surface area (Å²) in [5, 5.41) is 0.561. The monoisotopic (exact) mass is 363 g/mol. The van der Waals surface area contributed by atoms with E-state index in [0.717, 1.165) is 23.0 Å². The van der Waals surface area contributed by atoms with Crippen LogP contribution in [0.4, 0.5) is 5.69 Å². The minimum atomic E-state index is -0.00199. The van der Waals surface area contributed by atoms with Crippen LogP contribution >= 0.6 is 27.5 Å². The fraction of sp³-hybridized carbons (Fsp3) is 0.235. The Labute approximate surface area is 137 Å². The number of carbonyl (C=O) groups excluding carboxylic acids is 1. The molecule has 2 nitrogen and oxygen atoms in total. The fourth-order valence-electron chi connectivity index (χ4n) is 2.81. The fourth-order valence-corrected chi connectivity index (χ4v) is 3.67. The van der Waals surface area contributed by atoms with Gasteiger partial charge in [-0.2, -0.15) is 0 Å². The third kappa shape index (κ3) is 2.85. The Morgan fingerprint density at radius 1 is 1.29 bits per heavy atom. The molecule has 2 aromatic carbocycles. The van der Waals surface area contributed by atoms with Crippen molar-refractivity contribution in [3.8, 4) is 0 Å². The van der Waals surface area contributed by atoms with Crippen molar-refractivity contribution in [3.05, 3.63) is 63.1 Å². The Hall–Kier alpha value is -1.32. The van der Waals surface area contributed by atoms with E-state index >= 15 is 0 Å². The second-order valence-corrected chi connectivity index (χ2v) is 6.70. The molecule has 0 saturated carbocycles. The van der Waals surface area contributed by atoms with Gasteiger partial charge in [0, 0.05) is 26.8 Å². The molecule has 0 aromatic heterocycles. The number of hydrogen-bond acceptors (Lipinski definition) is 1. The van der Waals surface area contributed by atoms with Gasteiger partial charge in [-0.15, -0.1) is 0 Å². The van der Waals surface area contributed by atoms with E-state index in [1.54, 1.807) is 12.1 Å². The molecule has 1 atom stereocenters. The molecule has 0 N–H and O–H groups in total. The van der Waals surface area contributed by atoms with Crippen LogP contribution in [0.15, 0.2) is 46.9 Å². The highest BCUT2D eigenvalue weighted by atomic mass is 79.9. The van der Waals surface area contributed by atoms with Gasteiger partial charge in [0.15, 0.2) is 0 Å². The number of rotatable bonds is 1. The highest BCUT2D eigenvalue weighted by molar-refractivity contribution is 9.10. The maximum Gasteiger partial charge on any atom is 0.258 e. The molecule has 4 heteroatoms. The quantitative estimate of drug-likeness (QED) is 0.690. The molecular weight excluding hydrogens is 350 g/mol. The van der Waals surface area contributed by atoms with Crippen LogP contribution in [0.1, 0.15) is 29.3 Å². The van der Waals surface area contributed by atoms with Gasteiger partial charge in [0.25, 0.3) is 5.91 Å². The number of fused-ring (bicyclic) bond motifs is 1. The molecular formula is C17H15BrClNO. The normalized spacial score (nSPS) is 17.5. The van der Waals surface area contributed by atoms with Crippen molar-refractivity contribution in [1.82, 2.24) is 0 Å². The minimum Gasteiger partial charge on any atom is -0.305 e. The zero-order valence-corrected chi connectivity index (χ0v) is 14.0. The van der Waals surface area contributed by atoms with Crippen molar-refractivity contribution in [2.75, 3.05) is 4.90 Å². The Bertz CT molecular complexity index is 681. The lowest BCUT2D eigenvalue weighted by molar-refractivity contribution is 0.0975. The summed E-state index contributed by atoms with van der Waals surface area (Å²) < 4.78 is 0.816. The zero-order valence-electron chi connectivity index (χ0n) is 11.6. The highest BCUT2D eigenvalue weighted by Crippen LogP contribution is 2.32. The third-order valence-electron chi connectivity index (χ3n) is 3.85. The molecule has 1 aliphatic rings.